The van der Waals surface area contributed by atoms with Gasteiger partial charge in [0.25, 0.3) is 5.91 Å². The van der Waals surface area contributed by atoms with Crippen LogP contribution in [0.25, 0.3) is 0 Å². The van der Waals surface area contributed by atoms with E-state index in [9.17, 15) is 4.79 Å². The van der Waals surface area contributed by atoms with Gasteiger partial charge in [0.2, 0.25) is 0 Å². The molecule has 0 spiro atoms. The third-order valence-electron chi connectivity index (χ3n) is 2.23. The number of hydrogen-bond donors (Lipinski definition) is 1. The molecule has 0 saturated carbocycles. The largest absolute Gasteiger partial charge is 0.305 e. The van der Waals surface area contributed by atoms with Gasteiger partial charge in [0.05, 0.1) is 5.56 Å². The zero-order valence-corrected chi connectivity index (χ0v) is 10.8. The maximum Gasteiger partial charge on any atom is 0.258 e. The lowest BCUT2D eigenvalue weighted by atomic mass is 10.2. The van der Waals surface area contributed by atoms with Crippen molar-refractivity contribution in [1.29, 1.82) is 0 Å². The molecule has 0 aromatic carbocycles. The van der Waals surface area contributed by atoms with Crippen LogP contribution in [0.5, 0.6) is 0 Å². The molecule has 2 aromatic rings. The van der Waals surface area contributed by atoms with E-state index in [4.69, 9.17) is 23.2 Å². The average molecular weight is 283 g/mol. The molecule has 1 amide bonds. The first-order chi connectivity index (χ1) is 8.59. The molecule has 5 nitrogen and oxygen atoms in total. The summed E-state index contributed by atoms with van der Waals surface area (Å²) in [6.07, 6.45) is 2.83. The maximum atomic E-state index is 12.0. The Hall–Kier alpha value is -1.72. The highest BCUT2D eigenvalue weighted by atomic mass is 35.5. The van der Waals surface area contributed by atoms with Gasteiger partial charge in [0.1, 0.15) is 11.3 Å². The molecule has 1 N–H and O–H groups in total. The van der Waals surface area contributed by atoms with Crippen molar-refractivity contribution in [1.82, 2.24) is 15.0 Å². The quantitative estimate of drug-likeness (QED) is 0.860. The molecule has 7 heteroatoms. The van der Waals surface area contributed by atoms with E-state index >= 15 is 0 Å². The van der Waals surface area contributed by atoms with E-state index in [1.807, 2.05) is 0 Å². The SMILES string of the molecule is Cc1ncccc1C(=O)Nc1ncnc(Cl)c1Cl. The molecule has 2 heterocycles. The van der Waals surface area contributed by atoms with Gasteiger partial charge in [-0.05, 0) is 19.1 Å². The third kappa shape index (κ3) is 2.57. The Balaban J connectivity index is 2.27. The number of aryl methyl sites for hydroxylation is 1. The summed E-state index contributed by atoms with van der Waals surface area (Å²) >= 11 is 11.6. The van der Waals surface area contributed by atoms with Crippen LogP contribution in [0.4, 0.5) is 5.82 Å². The van der Waals surface area contributed by atoms with Crippen LogP contribution in [0.2, 0.25) is 10.2 Å². The van der Waals surface area contributed by atoms with Crippen molar-refractivity contribution >= 4 is 34.9 Å². The Morgan fingerprint density at radius 1 is 1.28 bits per heavy atom. The number of rotatable bonds is 2. The Labute approximate surface area is 113 Å². The molecule has 0 radical (unpaired) electrons. The molecule has 0 saturated heterocycles. The lowest BCUT2D eigenvalue weighted by Crippen LogP contribution is -2.15. The van der Waals surface area contributed by atoms with Crippen molar-refractivity contribution in [3.8, 4) is 0 Å². The first kappa shape index (κ1) is 12.7. The molecule has 92 valence electrons. The number of hydrogen-bond acceptors (Lipinski definition) is 4. The summed E-state index contributed by atoms with van der Waals surface area (Å²) in [5, 5.41) is 2.76. The van der Waals surface area contributed by atoms with Gasteiger partial charge in [-0.3, -0.25) is 9.78 Å². The summed E-state index contributed by atoms with van der Waals surface area (Å²) in [6, 6.07) is 3.34. The van der Waals surface area contributed by atoms with Gasteiger partial charge in [-0.25, -0.2) is 9.97 Å². The Bertz CT molecular complexity index is 603. The zero-order chi connectivity index (χ0) is 13.1. The van der Waals surface area contributed by atoms with E-state index in [0.29, 0.717) is 11.3 Å². The normalized spacial score (nSPS) is 10.2. The van der Waals surface area contributed by atoms with Gasteiger partial charge in [-0.15, -0.1) is 0 Å². The van der Waals surface area contributed by atoms with E-state index in [0.717, 1.165) is 0 Å². The minimum atomic E-state index is -0.350. The number of aromatic nitrogens is 3. The number of carbonyl (C=O) groups is 1. The molecule has 0 aliphatic rings. The van der Waals surface area contributed by atoms with Crippen LogP contribution in [0, 0.1) is 6.92 Å². The van der Waals surface area contributed by atoms with Gasteiger partial charge in [-0.1, -0.05) is 23.2 Å². The third-order valence-corrected chi connectivity index (χ3v) is 2.97. The first-order valence-corrected chi connectivity index (χ1v) is 5.74. The minimum Gasteiger partial charge on any atom is -0.305 e. The molecule has 0 aliphatic carbocycles. The summed E-state index contributed by atoms with van der Waals surface area (Å²) in [5.74, 6) is -0.179. The van der Waals surface area contributed by atoms with Crippen molar-refractivity contribution in [2.24, 2.45) is 0 Å². The predicted molar refractivity (Wildman–Crippen MR) is 69.0 cm³/mol. The molecular weight excluding hydrogens is 275 g/mol. The topological polar surface area (TPSA) is 67.8 Å². The second-order valence-electron chi connectivity index (χ2n) is 3.42. The van der Waals surface area contributed by atoms with Crippen LogP contribution in [0.3, 0.4) is 0 Å². The first-order valence-electron chi connectivity index (χ1n) is 4.98. The summed E-state index contributed by atoms with van der Waals surface area (Å²) in [6.45, 7) is 1.74. The number of halogens is 2. The maximum absolute atomic E-state index is 12.0. The standard InChI is InChI=1S/C11H8Cl2N4O/c1-6-7(3-2-4-14-6)11(18)17-10-8(12)9(13)15-5-16-10/h2-5H,1H3,(H,15,16,17,18). The number of nitrogens with one attached hydrogen (secondary N) is 1. The van der Waals surface area contributed by atoms with Crippen molar-refractivity contribution in [3.05, 3.63) is 46.1 Å². The number of pyridine rings is 1. The van der Waals surface area contributed by atoms with Crippen LogP contribution in [-0.2, 0) is 0 Å². The van der Waals surface area contributed by atoms with Crippen molar-refractivity contribution in [2.75, 3.05) is 5.32 Å². The fourth-order valence-corrected chi connectivity index (χ4v) is 1.61. The molecule has 0 atom stereocenters. The van der Waals surface area contributed by atoms with Crippen LogP contribution in [0.1, 0.15) is 16.1 Å². The monoisotopic (exact) mass is 282 g/mol. The lowest BCUT2D eigenvalue weighted by molar-refractivity contribution is 0.102. The number of carbonyl (C=O) groups excluding carboxylic acids is 1. The summed E-state index contributed by atoms with van der Waals surface area (Å²) in [7, 11) is 0. The molecule has 18 heavy (non-hydrogen) atoms. The lowest BCUT2D eigenvalue weighted by Gasteiger charge is -2.07. The highest BCUT2D eigenvalue weighted by Crippen LogP contribution is 2.25. The fraction of sp³-hybridized carbons (Fsp3) is 0.0909. The molecular formula is C11H8Cl2N4O. The van der Waals surface area contributed by atoms with Crippen LogP contribution < -0.4 is 5.32 Å². The van der Waals surface area contributed by atoms with Crippen molar-refractivity contribution in [2.45, 2.75) is 6.92 Å². The van der Waals surface area contributed by atoms with Crippen LogP contribution in [0.15, 0.2) is 24.7 Å². The second kappa shape index (κ2) is 5.29. The molecule has 0 aliphatic heterocycles. The van der Waals surface area contributed by atoms with E-state index in [1.54, 1.807) is 25.3 Å². The average Bonchev–Trinajstić information content (AvgIpc) is 2.35. The number of nitrogens with zero attached hydrogens (tertiary/aromatic N) is 3. The van der Waals surface area contributed by atoms with Gasteiger partial charge in [-0.2, -0.15) is 0 Å². The highest BCUT2D eigenvalue weighted by Gasteiger charge is 2.13. The van der Waals surface area contributed by atoms with Crippen molar-refractivity contribution < 1.29 is 4.79 Å². The Morgan fingerprint density at radius 3 is 2.78 bits per heavy atom. The second-order valence-corrected chi connectivity index (χ2v) is 4.15. The summed E-state index contributed by atoms with van der Waals surface area (Å²) in [5.41, 5.74) is 1.06. The predicted octanol–water partition coefficient (Wildman–Crippen LogP) is 2.74. The zero-order valence-electron chi connectivity index (χ0n) is 9.32. The number of anilines is 1. The molecule has 2 aromatic heterocycles. The van der Waals surface area contributed by atoms with Crippen LogP contribution in [-0.4, -0.2) is 20.9 Å². The van der Waals surface area contributed by atoms with Gasteiger partial charge in [0.15, 0.2) is 11.0 Å². The van der Waals surface area contributed by atoms with Gasteiger partial charge >= 0.3 is 0 Å². The van der Waals surface area contributed by atoms with E-state index in [1.165, 1.54) is 6.33 Å². The minimum absolute atomic E-state index is 0.0878. The molecule has 0 fully saturated rings. The highest BCUT2D eigenvalue weighted by molar-refractivity contribution is 6.43. The summed E-state index contributed by atoms with van der Waals surface area (Å²) in [4.78, 5) is 23.6. The number of amides is 1. The molecule has 0 bridgehead atoms. The van der Waals surface area contributed by atoms with E-state index in [-0.39, 0.29) is 21.9 Å². The Morgan fingerprint density at radius 2 is 2.06 bits per heavy atom. The summed E-state index contributed by atoms with van der Waals surface area (Å²) < 4.78 is 0. The fourth-order valence-electron chi connectivity index (χ4n) is 1.33. The Kier molecular flexibility index (Phi) is 3.74. The van der Waals surface area contributed by atoms with E-state index < -0.39 is 0 Å². The van der Waals surface area contributed by atoms with Gasteiger partial charge < -0.3 is 5.32 Å². The molecule has 2 rings (SSSR count). The van der Waals surface area contributed by atoms with E-state index in [2.05, 4.69) is 20.3 Å². The smallest absolute Gasteiger partial charge is 0.258 e. The van der Waals surface area contributed by atoms with Crippen molar-refractivity contribution in [3.63, 3.8) is 0 Å². The van der Waals surface area contributed by atoms with Crippen LogP contribution >= 0.6 is 23.2 Å². The molecule has 0 unspecified atom stereocenters. The van der Waals surface area contributed by atoms with Gasteiger partial charge in [0, 0.05) is 11.9 Å².